The molecule has 0 radical (unpaired) electrons. The molecule has 0 fully saturated rings. The topological polar surface area (TPSA) is 48.0 Å². The fourth-order valence-corrected chi connectivity index (χ4v) is 3.12. The first kappa shape index (κ1) is 19.1. The zero-order valence-electron chi connectivity index (χ0n) is 16.1. The van der Waals surface area contributed by atoms with E-state index in [-0.39, 0.29) is 5.91 Å². The number of hydrogen-bond acceptors (Lipinski definition) is 4. The molecule has 0 aromatic heterocycles. The van der Waals surface area contributed by atoms with Crippen LogP contribution >= 0.6 is 0 Å². The van der Waals surface area contributed by atoms with Crippen molar-refractivity contribution in [2.24, 2.45) is 0 Å². The first-order valence-corrected chi connectivity index (χ1v) is 9.52. The third kappa shape index (κ3) is 4.94. The predicted octanol–water partition coefficient (Wildman–Crippen LogP) is 3.97. The van der Waals surface area contributed by atoms with Gasteiger partial charge in [0, 0.05) is 25.1 Å². The van der Waals surface area contributed by atoms with Gasteiger partial charge in [0.05, 0.1) is 6.61 Å². The van der Waals surface area contributed by atoms with Crippen LogP contribution in [-0.4, -0.2) is 37.2 Å². The minimum Gasteiger partial charge on any atom is -0.493 e. The number of nitrogens with zero attached hydrogens (tertiary/aromatic N) is 1. The molecule has 5 nitrogen and oxygen atoms in total. The number of hydrogen-bond donors (Lipinski definition) is 0. The Morgan fingerprint density at radius 1 is 1.11 bits per heavy atom. The average Bonchev–Trinajstić information content (AvgIpc) is 2.70. The molecule has 0 atom stereocenters. The van der Waals surface area contributed by atoms with Crippen molar-refractivity contribution in [2.45, 2.75) is 33.2 Å². The van der Waals surface area contributed by atoms with Gasteiger partial charge >= 0.3 is 0 Å². The third-order valence-electron chi connectivity index (χ3n) is 4.63. The van der Waals surface area contributed by atoms with Crippen molar-refractivity contribution in [3.8, 4) is 17.2 Å². The van der Waals surface area contributed by atoms with E-state index in [1.165, 1.54) is 0 Å². The lowest BCUT2D eigenvalue weighted by Crippen LogP contribution is -2.31. The summed E-state index contributed by atoms with van der Waals surface area (Å²) < 4.78 is 17.2. The van der Waals surface area contributed by atoms with Gasteiger partial charge in [0.25, 0.3) is 0 Å². The van der Waals surface area contributed by atoms with Gasteiger partial charge in [0.2, 0.25) is 5.91 Å². The first-order chi connectivity index (χ1) is 13.2. The van der Waals surface area contributed by atoms with Crippen LogP contribution in [0.1, 0.15) is 30.9 Å². The summed E-state index contributed by atoms with van der Waals surface area (Å²) in [6.45, 7) is 6.84. The number of carbonyl (C=O) groups is 1. The SMILES string of the molecule is CCN(Cc1cccc2c1OCCO2)C(=O)CCCOc1ccccc1C. The highest BCUT2D eigenvalue weighted by Crippen LogP contribution is 2.34. The molecule has 0 aliphatic carbocycles. The number of amides is 1. The van der Waals surface area contributed by atoms with E-state index in [0.29, 0.717) is 45.8 Å². The Balaban J connectivity index is 1.52. The molecule has 1 amide bonds. The van der Waals surface area contributed by atoms with E-state index in [4.69, 9.17) is 14.2 Å². The van der Waals surface area contributed by atoms with E-state index in [2.05, 4.69) is 0 Å². The molecule has 2 aromatic rings. The minimum atomic E-state index is 0.125. The van der Waals surface area contributed by atoms with Crippen LogP contribution in [-0.2, 0) is 11.3 Å². The highest BCUT2D eigenvalue weighted by molar-refractivity contribution is 5.76. The van der Waals surface area contributed by atoms with E-state index in [1.54, 1.807) is 0 Å². The van der Waals surface area contributed by atoms with Crippen molar-refractivity contribution < 1.29 is 19.0 Å². The van der Waals surface area contributed by atoms with Crippen molar-refractivity contribution in [1.82, 2.24) is 4.90 Å². The fraction of sp³-hybridized carbons (Fsp3) is 0.409. The van der Waals surface area contributed by atoms with Crippen molar-refractivity contribution >= 4 is 5.91 Å². The highest BCUT2D eigenvalue weighted by atomic mass is 16.6. The minimum absolute atomic E-state index is 0.125. The lowest BCUT2D eigenvalue weighted by Gasteiger charge is -2.25. The van der Waals surface area contributed by atoms with Gasteiger partial charge in [-0.15, -0.1) is 0 Å². The van der Waals surface area contributed by atoms with Crippen molar-refractivity contribution in [2.75, 3.05) is 26.4 Å². The Labute approximate surface area is 160 Å². The number of fused-ring (bicyclic) bond motifs is 1. The van der Waals surface area contributed by atoms with E-state index in [0.717, 1.165) is 28.4 Å². The number of aryl methyl sites for hydroxylation is 1. The molecule has 0 spiro atoms. The summed E-state index contributed by atoms with van der Waals surface area (Å²) in [6, 6.07) is 13.8. The standard InChI is InChI=1S/C22H27NO4/c1-3-23(16-18-9-6-11-20-22(18)27-15-14-26-20)21(24)12-7-13-25-19-10-5-4-8-17(19)2/h4-6,8-11H,3,7,12-16H2,1-2H3. The van der Waals surface area contributed by atoms with Gasteiger partial charge < -0.3 is 19.1 Å². The number of rotatable bonds is 8. The van der Waals surface area contributed by atoms with Gasteiger partial charge in [-0.25, -0.2) is 0 Å². The van der Waals surface area contributed by atoms with E-state index in [9.17, 15) is 4.79 Å². The van der Waals surface area contributed by atoms with Gasteiger partial charge in [-0.1, -0.05) is 30.3 Å². The van der Waals surface area contributed by atoms with E-state index in [1.807, 2.05) is 61.2 Å². The summed E-state index contributed by atoms with van der Waals surface area (Å²) in [5.41, 5.74) is 2.09. The van der Waals surface area contributed by atoms with E-state index < -0.39 is 0 Å². The zero-order valence-corrected chi connectivity index (χ0v) is 16.1. The Morgan fingerprint density at radius 3 is 2.74 bits per heavy atom. The van der Waals surface area contributed by atoms with Gasteiger partial charge in [0.15, 0.2) is 11.5 Å². The Hall–Kier alpha value is -2.69. The maximum Gasteiger partial charge on any atom is 0.222 e. The summed E-state index contributed by atoms with van der Waals surface area (Å²) in [5, 5.41) is 0. The normalized spacial score (nSPS) is 12.5. The molecule has 2 aromatic carbocycles. The Bertz CT molecular complexity index is 775. The van der Waals surface area contributed by atoms with Crippen LogP contribution in [0.25, 0.3) is 0 Å². The molecule has 0 N–H and O–H groups in total. The molecular weight excluding hydrogens is 342 g/mol. The van der Waals surface area contributed by atoms with Crippen LogP contribution in [0.4, 0.5) is 0 Å². The molecule has 5 heteroatoms. The molecule has 0 saturated heterocycles. The van der Waals surface area contributed by atoms with Crippen LogP contribution in [0, 0.1) is 6.92 Å². The first-order valence-electron chi connectivity index (χ1n) is 9.52. The predicted molar refractivity (Wildman–Crippen MR) is 104 cm³/mol. The van der Waals surface area contributed by atoms with Crippen LogP contribution in [0.3, 0.4) is 0 Å². The van der Waals surface area contributed by atoms with Crippen molar-refractivity contribution in [3.63, 3.8) is 0 Å². The van der Waals surface area contributed by atoms with Crippen molar-refractivity contribution in [1.29, 1.82) is 0 Å². The number of benzene rings is 2. The lowest BCUT2D eigenvalue weighted by atomic mass is 10.1. The second-order valence-electron chi connectivity index (χ2n) is 6.57. The zero-order chi connectivity index (χ0) is 19.1. The van der Waals surface area contributed by atoms with Gasteiger partial charge in [-0.05, 0) is 38.0 Å². The summed E-state index contributed by atoms with van der Waals surface area (Å²) in [5.74, 6) is 2.53. The van der Waals surface area contributed by atoms with Gasteiger partial charge in [0.1, 0.15) is 19.0 Å². The highest BCUT2D eigenvalue weighted by Gasteiger charge is 2.19. The summed E-state index contributed by atoms with van der Waals surface area (Å²) in [7, 11) is 0. The molecule has 1 aliphatic heterocycles. The smallest absolute Gasteiger partial charge is 0.222 e. The lowest BCUT2D eigenvalue weighted by molar-refractivity contribution is -0.131. The van der Waals surface area contributed by atoms with Crippen LogP contribution in [0.2, 0.25) is 0 Å². The monoisotopic (exact) mass is 369 g/mol. The van der Waals surface area contributed by atoms with Gasteiger partial charge in [-0.2, -0.15) is 0 Å². The summed E-state index contributed by atoms with van der Waals surface area (Å²) in [4.78, 5) is 14.5. The quantitative estimate of drug-likeness (QED) is 0.661. The molecule has 1 heterocycles. The van der Waals surface area contributed by atoms with Crippen molar-refractivity contribution in [3.05, 3.63) is 53.6 Å². The Morgan fingerprint density at radius 2 is 1.93 bits per heavy atom. The molecule has 144 valence electrons. The summed E-state index contributed by atoms with van der Waals surface area (Å²) >= 11 is 0. The molecule has 27 heavy (non-hydrogen) atoms. The average molecular weight is 369 g/mol. The van der Waals surface area contributed by atoms with Gasteiger partial charge in [-0.3, -0.25) is 4.79 Å². The molecule has 0 saturated carbocycles. The Kier molecular flexibility index (Phi) is 6.58. The fourth-order valence-electron chi connectivity index (χ4n) is 3.12. The molecule has 0 bridgehead atoms. The molecular formula is C22H27NO4. The molecule has 0 unspecified atom stereocenters. The second-order valence-corrected chi connectivity index (χ2v) is 6.57. The number of para-hydroxylation sites is 2. The largest absolute Gasteiger partial charge is 0.493 e. The maximum absolute atomic E-state index is 12.6. The van der Waals surface area contributed by atoms with E-state index >= 15 is 0 Å². The number of ether oxygens (including phenoxy) is 3. The summed E-state index contributed by atoms with van der Waals surface area (Å²) in [6.07, 6.45) is 1.16. The molecule has 3 rings (SSSR count). The number of carbonyl (C=O) groups excluding carboxylic acids is 1. The molecule has 1 aliphatic rings. The third-order valence-corrected chi connectivity index (χ3v) is 4.63. The second kappa shape index (κ2) is 9.31. The van der Waals surface area contributed by atoms with Crippen LogP contribution < -0.4 is 14.2 Å². The van der Waals surface area contributed by atoms with Crippen LogP contribution in [0.15, 0.2) is 42.5 Å². The van der Waals surface area contributed by atoms with Crippen LogP contribution in [0.5, 0.6) is 17.2 Å². The maximum atomic E-state index is 12.6.